The number of nitrogens with one attached hydrogen (secondary N) is 1. The second kappa shape index (κ2) is 9.59. The second-order valence-corrected chi connectivity index (χ2v) is 7.96. The number of rotatable bonds is 6. The highest BCUT2D eigenvalue weighted by Crippen LogP contribution is 2.17. The number of para-hydroxylation sites is 1. The third-order valence-electron chi connectivity index (χ3n) is 5.69. The van der Waals surface area contributed by atoms with E-state index in [1.807, 2.05) is 12.1 Å². The minimum atomic E-state index is -0.0291. The van der Waals surface area contributed by atoms with E-state index in [4.69, 9.17) is 0 Å². The van der Waals surface area contributed by atoms with Crippen LogP contribution in [0.4, 0.5) is 5.69 Å². The van der Waals surface area contributed by atoms with Gasteiger partial charge in [0.05, 0.1) is 0 Å². The quantitative estimate of drug-likeness (QED) is 0.673. The maximum absolute atomic E-state index is 12.4. The van der Waals surface area contributed by atoms with Gasteiger partial charge in [-0.15, -0.1) is 0 Å². The van der Waals surface area contributed by atoms with Crippen molar-refractivity contribution < 1.29 is 4.79 Å². The molecule has 0 aliphatic carbocycles. The van der Waals surface area contributed by atoms with E-state index in [0.29, 0.717) is 12.1 Å². The molecule has 0 radical (unpaired) electrons. The molecule has 4 rings (SSSR count). The Morgan fingerprint density at radius 3 is 2.10 bits per heavy atom. The van der Waals surface area contributed by atoms with E-state index in [2.05, 4.69) is 88.8 Å². The number of hydrogen-bond donors (Lipinski definition) is 1. The number of benzene rings is 3. The maximum Gasteiger partial charge on any atom is 0.251 e. The van der Waals surface area contributed by atoms with Crippen LogP contribution < -0.4 is 10.2 Å². The SMILES string of the molecule is Cc1ccc(CNC(=O)c2ccc(CN3CCN(c4ccccc4)CC3)cc2)cc1. The summed E-state index contributed by atoms with van der Waals surface area (Å²) < 4.78 is 0. The number of piperazine rings is 1. The molecule has 4 heteroatoms. The van der Waals surface area contributed by atoms with Crippen LogP contribution in [0.15, 0.2) is 78.9 Å². The van der Waals surface area contributed by atoms with Gasteiger partial charge >= 0.3 is 0 Å². The average molecular weight is 400 g/mol. The van der Waals surface area contributed by atoms with Crippen molar-refractivity contribution in [3.8, 4) is 0 Å². The number of hydrogen-bond acceptors (Lipinski definition) is 3. The zero-order valence-electron chi connectivity index (χ0n) is 17.6. The fraction of sp³-hybridized carbons (Fsp3) is 0.269. The van der Waals surface area contributed by atoms with E-state index in [0.717, 1.165) is 38.3 Å². The first kappa shape index (κ1) is 20.2. The summed E-state index contributed by atoms with van der Waals surface area (Å²) in [7, 11) is 0. The molecule has 0 atom stereocenters. The Morgan fingerprint density at radius 1 is 0.800 bits per heavy atom. The van der Waals surface area contributed by atoms with Crippen molar-refractivity contribution in [1.29, 1.82) is 0 Å². The summed E-state index contributed by atoms with van der Waals surface area (Å²) in [4.78, 5) is 17.4. The highest BCUT2D eigenvalue weighted by molar-refractivity contribution is 5.94. The van der Waals surface area contributed by atoms with Crippen LogP contribution in [-0.2, 0) is 13.1 Å². The van der Waals surface area contributed by atoms with Crippen LogP contribution in [0.1, 0.15) is 27.0 Å². The van der Waals surface area contributed by atoms with E-state index in [1.54, 1.807) is 0 Å². The number of carbonyl (C=O) groups excluding carboxylic acids is 1. The molecule has 3 aromatic carbocycles. The van der Waals surface area contributed by atoms with Gasteiger partial charge in [-0.05, 0) is 42.3 Å². The van der Waals surface area contributed by atoms with Crippen molar-refractivity contribution in [2.45, 2.75) is 20.0 Å². The molecule has 0 spiro atoms. The molecule has 1 fully saturated rings. The second-order valence-electron chi connectivity index (χ2n) is 7.96. The molecule has 1 aliphatic heterocycles. The van der Waals surface area contributed by atoms with E-state index in [1.165, 1.54) is 16.8 Å². The van der Waals surface area contributed by atoms with Crippen molar-refractivity contribution in [3.63, 3.8) is 0 Å². The van der Waals surface area contributed by atoms with Gasteiger partial charge in [0.25, 0.3) is 5.91 Å². The Morgan fingerprint density at radius 2 is 1.43 bits per heavy atom. The summed E-state index contributed by atoms with van der Waals surface area (Å²) >= 11 is 0. The van der Waals surface area contributed by atoms with Crippen molar-refractivity contribution in [2.24, 2.45) is 0 Å². The van der Waals surface area contributed by atoms with Gasteiger partial charge in [0, 0.05) is 50.5 Å². The topological polar surface area (TPSA) is 35.6 Å². The largest absolute Gasteiger partial charge is 0.369 e. The van der Waals surface area contributed by atoms with Gasteiger partial charge in [0.1, 0.15) is 0 Å². The number of amides is 1. The van der Waals surface area contributed by atoms with Crippen molar-refractivity contribution in [3.05, 3.63) is 101 Å². The summed E-state index contributed by atoms with van der Waals surface area (Å²) in [6.45, 7) is 7.72. The van der Waals surface area contributed by atoms with E-state index in [-0.39, 0.29) is 5.91 Å². The van der Waals surface area contributed by atoms with Crippen molar-refractivity contribution >= 4 is 11.6 Å². The fourth-order valence-corrected chi connectivity index (χ4v) is 3.81. The Hall–Kier alpha value is -3.11. The van der Waals surface area contributed by atoms with E-state index in [9.17, 15) is 4.79 Å². The van der Waals surface area contributed by atoms with Crippen LogP contribution >= 0.6 is 0 Å². The highest BCUT2D eigenvalue weighted by Gasteiger charge is 2.17. The first-order valence-electron chi connectivity index (χ1n) is 10.6. The highest BCUT2D eigenvalue weighted by atomic mass is 16.1. The fourth-order valence-electron chi connectivity index (χ4n) is 3.81. The lowest BCUT2D eigenvalue weighted by Crippen LogP contribution is -2.45. The van der Waals surface area contributed by atoms with E-state index < -0.39 is 0 Å². The summed E-state index contributed by atoms with van der Waals surface area (Å²) in [5, 5.41) is 3.00. The average Bonchev–Trinajstić information content (AvgIpc) is 2.80. The van der Waals surface area contributed by atoms with Crippen molar-refractivity contribution in [1.82, 2.24) is 10.2 Å². The zero-order valence-corrected chi connectivity index (χ0v) is 17.6. The lowest BCUT2D eigenvalue weighted by molar-refractivity contribution is 0.0951. The molecule has 0 aromatic heterocycles. The van der Waals surface area contributed by atoms with Crippen LogP contribution in [0.2, 0.25) is 0 Å². The third kappa shape index (κ3) is 5.28. The van der Waals surface area contributed by atoms with Gasteiger partial charge in [-0.3, -0.25) is 9.69 Å². The summed E-state index contributed by atoms with van der Waals surface area (Å²) in [5.41, 5.74) is 5.60. The first-order valence-corrected chi connectivity index (χ1v) is 10.6. The first-order chi connectivity index (χ1) is 14.7. The molecule has 154 valence electrons. The number of nitrogens with zero attached hydrogens (tertiary/aromatic N) is 2. The minimum absolute atomic E-state index is 0.0291. The van der Waals surface area contributed by atoms with Gasteiger partial charge in [0.15, 0.2) is 0 Å². The zero-order chi connectivity index (χ0) is 20.8. The monoisotopic (exact) mass is 399 g/mol. The molecule has 1 amide bonds. The molecule has 0 bridgehead atoms. The summed E-state index contributed by atoms with van der Waals surface area (Å²) in [6, 6.07) is 26.9. The molecular weight excluding hydrogens is 370 g/mol. The Bertz CT molecular complexity index is 944. The van der Waals surface area contributed by atoms with Crippen LogP contribution in [0.3, 0.4) is 0 Å². The van der Waals surface area contributed by atoms with Crippen LogP contribution in [0.5, 0.6) is 0 Å². The van der Waals surface area contributed by atoms with Gasteiger partial charge in [-0.2, -0.15) is 0 Å². The number of aryl methyl sites for hydroxylation is 1. The lowest BCUT2D eigenvalue weighted by Gasteiger charge is -2.36. The molecule has 4 nitrogen and oxygen atoms in total. The lowest BCUT2D eigenvalue weighted by atomic mass is 10.1. The standard InChI is InChI=1S/C26H29N3O/c1-21-7-9-22(10-8-21)19-27-26(30)24-13-11-23(12-14-24)20-28-15-17-29(18-16-28)25-5-3-2-4-6-25/h2-14H,15-20H2,1H3,(H,27,30). The van der Waals surface area contributed by atoms with Gasteiger partial charge in [0.2, 0.25) is 0 Å². The van der Waals surface area contributed by atoms with Gasteiger partial charge in [-0.1, -0.05) is 60.2 Å². The maximum atomic E-state index is 12.4. The Kier molecular flexibility index (Phi) is 6.45. The third-order valence-corrected chi connectivity index (χ3v) is 5.69. The predicted octanol–water partition coefficient (Wildman–Crippen LogP) is 4.25. The van der Waals surface area contributed by atoms with Crippen LogP contribution in [0, 0.1) is 6.92 Å². The van der Waals surface area contributed by atoms with Crippen LogP contribution in [-0.4, -0.2) is 37.0 Å². The smallest absolute Gasteiger partial charge is 0.251 e. The molecule has 1 aliphatic rings. The molecule has 30 heavy (non-hydrogen) atoms. The van der Waals surface area contributed by atoms with Gasteiger partial charge in [-0.25, -0.2) is 0 Å². The summed E-state index contributed by atoms with van der Waals surface area (Å²) in [6.07, 6.45) is 0. The van der Waals surface area contributed by atoms with Crippen LogP contribution in [0.25, 0.3) is 0 Å². The van der Waals surface area contributed by atoms with Gasteiger partial charge < -0.3 is 10.2 Å². The van der Waals surface area contributed by atoms with Crippen molar-refractivity contribution in [2.75, 3.05) is 31.1 Å². The Balaban J connectivity index is 1.25. The molecule has 3 aromatic rings. The molecule has 0 unspecified atom stereocenters. The number of anilines is 1. The minimum Gasteiger partial charge on any atom is -0.369 e. The molecular formula is C26H29N3O. The normalized spacial score (nSPS) is 14.5. The predicted molar refractivity (Wildman–Crippen MR) is 123 cm³/mol. The van der Waals surface area contributed by atoms with E-state index >= 15 is 0 Å². The molecule has 1 heterocycles. The molecule has 1 N–H and O–H groups in total. The molecule has 0 saturated carbocycles. The number of carbonyl (C=O) groups is 1. The molecule has 1 saturated heterocycles. The summed E-state index contributed by atoms with van der Waals surface area (Å²) in [5.74, 6) is -0.0291. The Labute approximate surface area is 179 Å².